The lowest BCUT2D eigenvalue weighted by Crippen LogP contribution is -2.07. The van der Waals surface area contributed by atoms with E-state index in [2.05, 4.69) is 36.2 Å². The second-order valence-corrected chi connectivity index (χ2v) is 5.22. The van der Waals surface area contributed by atoms with Gasteiger partial charge in [0.2, 0.25) is 0 Å². The van der Waals surface area contributed by atoms with Crippen LogP contribution in [0.15, 0.2) is 23.1 Å². The topological polar surface area (TPSA) is 111 Å². The highest BCUT2D eigenvalue weighted by Gasteiger charge is 2.16. The molecule has 3 aromatic heterocycles. The Morgan fingerprint density at radius 2 is 2.09 bits per heavy atom. The maximum atomic E-state index is 6.12. The molecule has 22 heavy (non-hydrogen) atoms. The highest BCUT2D eigenvalue weighted by molar-refractivity contribution is 9.10. The van der Waals surface area contributed by atoms with E-state index in [-0.39, 0.29) is 0 Å². The van der Waals surface area contributed by atoms with Gasteiger partial charge in [0.25, 0.3) is 0 Å². The van der Waals surface area contributed by atoms with E-state index in [1.807, 2.05) is 13.8 Å². The molecule has 7 nitrogen and oxygen atoms in total. The summed E-state index contributed by atoms with van der Waals surface area (Å²) in [5.74, 6) is 0.539. The first-order valence-electron chi connectivity index (χ1n) is 7.23. The second kappa shape index (κ2) is 7.37. The predicted molar refractivity (Wildman–Crippen MR) is 91.4 cm³/mol. The molecule has 0 saturated carbocycles. The van der Waals surface area contributed by atoms with Crippen LogP contribution in [0, 0.1) is 0 Å². The summed E-state index contributed by atoms with van der Waals surface area (Å²) in [6.45, 7) is 4.62. The van der Waals surface area contributed by atoms with E-state index >= 15 is 0 Å². The van der Waals surface area contributed by atoms with Gasteiger partial charge in [-0.1, -0.05) is 13.8 Å². The van der Waals surface area contributed by atoms with Crippen LogP contribution in [0.5, 0.6) is 0 Å². The van der Waals surface area contributed by atoms with Crippen molar-refractivity contribution in [3.05, 3.63) is 28.8 Å². The average Bonchev–Trinajstić information content (AvgIpc) is 3.20. The summed E-state index contributed by atoms with van der Waals surface area (Å²) in [5, 5.41) is 11.0. The second-order valence-electron chi connectivity index (χ2n) is 4.43. The molecule has 0 spiro atoms. The summed E-state index contributed by atoms with van der Waals surface area (Å²) < 4.78 is 2.40. The molecule has 118 valence electrons. The Hall–Kier alpha value is -1.93. The molecular formula is C14H20BrN7. The Bertz CT molecular complexity index is 733. The smallest absolute Gasteiger partial charge is 0.165 e. The van der Waals surface area contributed by atoms with Crippen molar-refractivity contribution in [1.82, 2.24) is 24.8 Å². The summed E-state index contributed by atoms with van der Waals surface area (Å²) in [7, 11) is 0. The van der Waals surface area contributed by atoms with E-state index in [0.29, 0.717) is 12.4 Å². The van der Waals surface area contributed by atoms with Crippen molar-refractivity contribution in [1.29, 1.82) is 0 Å². The van der Waals surface area contributed by atoms with E-state index in [4.69, 9.17) is 11.5 Å². The lowest BCUT2D eigenvalue weighted by molar-refractivity contribution is 0.800. The third-order valence-electron chi connectivity index (χ3n) is 3.12. The molecular weight excluding hydrogens is 346 g/mol. The number of nitrogens with two attached hydrogens (primary N) is 2. The van der Waals surface area contributed by atoms with E-state index in [0.717, 1.165) is 39.8 Å². The van der Waals surface area contributed by atoms with Crippen molar-refractivity contribution in [3.8, 4) is 11.1 Å². The Morgan fingerprint density at radius 3 is 2.73 bits per heavy atom. The molecule has 3 heterocycles. The Kier molecular flexibility index (Phi) is 5.51. The van der Waals surface area contributed by atoms with Crippen molar-refractivity contribution in [2.75, 3.05) is 12.3 Å². The van der Waals surface area contributed by atoms with Crippen LogP contribution < -0.4 is 11.5 Å². The van der Waals surface area contributed by atoms with Gasteiger partial charge in [0.05, 0.1) is 22.6 Å². The third-order valence-corrected chi connectivity index (χ3v) is 3.98. The zero-order valence-corrected chi connectivity index (χ0v) is 14.3. The maximum absolute atomic E-state index is 6.12. The third kappa shape index (κ3) is 2.97. The molecule has 0 aromatic carbocycles. The molecule has 0 aliphatic carbocycles. The van der Waals surface area contributed by atoms with Crippen LogP contribution in [-0.4, -0.2) is 31.3 Å². The van der Waals surface area contributed by atoms with E-state index in [9.17, 15) is 0 Å². The minimum absolute atomic E-state index is 0.539. The average molecular weight is 366 g/mol. The molecule has 0 bridgehead atoms. The van der Waals surface area contributed by atoms with Crippen molar-refractivity contribution in [2.45, 2.75) is 26.7 Å². The fourth-order valence-corrected chi connectivity index (χ4v) is 2.54. The predicted octanol–water partition coefficient (Wildman–Crippen LogP) is 2.38. The number of aromatic nitrogens is 5. The fourth-order valence-electron chi connectivity index (χ4n) is 2.08. The van der Waals surface area contributed by atoms with Crippen molar-refractivity contribution < 1.29 is 0 Å². The first-order chi connectivity index (χ1) is 10.7. The first-order valence-corrected chi connectivity index (χ1v) is 8.02. The van der Waals surface area contributed by atoms with Crippen LogP contribution in [0.4, 0.5) is 5.82 Å². The van der Waals surface area contributed by atoms with Gasteiger partial charge in [-0.25, -0.2) is 4.98 Å². The Balaban J connectivity index is 0.000000847. The summed E-state index contributed by atoms with van der Waals surface area (Å²) in [4.78, 5) is 4.67. The first kappa shape index (κ1) is 16.4. The number of hydrogen-bond acceptors (Lipinski definition) is 5. The fraction of sp³-hybridized carbons (Fsp3) is 0.357. The number of fused-ring (bicyclic) bond motifs is 1. The molecule has 0 saturated heterocycles. The molecule has 0 unspecified atom stereocenters. The Morgan fingerprint density at radius 1 is 1.32 bits per heavy atom. The summed E-state index contributed by atoms with van der Waals surface area (Å²) in [6.07, 6.45) is 6.90. The van der Waals surface area contributed by atoms with Crippen LogP contribution in [0.25, 0.3) is 16.8 Å². The standard InChI is InChI=1S/C12H14BrN7.C2H6/c13-10-9(2-1-3-14)19-12-8(7-4-16-17-5-7)6-18-20(12)11(10)15;1-2/h4-6H,1-3,14-15H2,(H,16,17);1-2H3. The molecule has 0 radical (unpaired) electrons. The van der Waals surface area contributed by atoms with Gasteiger partial charge in [0.1, 0.15) is 5.82 Å². The number of aromatic amines is 1. The van der Waals surface area contributed by atoms with Gasteiger partial charge in [-0.2, -0.15) is 14.7 Å². The van der Waals surface area contributed by atoms with Crippen LogP contribution in [-0.2, 0) is 6.42 Å². The lowest BCUT2D eigenvalue weighted by atomic mass is 10.2. The van der Waals surface area contributed by atoms with Gasteiger partial charge < -0.3 is 11.5 Å². The van der Waals surface area contributed by atoms with Gasteiger partial charge in [-0.15, -0.1) is 0 Å². The quantitative estimate of drug-likeness (QED) is 0.657. The number of nitrogens with one attached hydrogen (secondary N) is 1. The number of hydrogen-bond donors (Lipinski definition) is 3. The SMILES string of the molecule is CC.NCCCc1nc2c(-c3cn[nH]c3)cnn2c(N)c1Br. The summed E-state index contributed by atoms with van der Waals surface area (Å²) >= 11 is 3.48. The van der Waals surface area contributed by atoms with Gasteiger partial charge >= 0.3 is 0 Å². The molecule has 8 heteroatoms. The molecule has 0 aliphatic rings. The summed E-state index contributed by atoms with van der Waals surface area (Å²) in [6, 6.07) is 0. The molecule has 0 atom stereocenters. The van der Waals surface area contributed by atoms with Gasteiger partial charge in [0.15, 0.2) is 5.65 Å². The van der Waals surface area contributed by atoms with Gasteiger partial charge in [0, 0.05) is 17.3 Å². The number of nitrogens with zero attached hydrogens (tertiary/aromatic N) is 4. The lowest BCUT2D eigenvalue weighted by Gasteiger charge is -2.08. The highest BCUT2D eigenvalue weighted by atomic mass is 79.9. The normalized spacial score (nSPS) is 10.5. The van der Waals surface area contributed by atoms with Crippen LogP contribution in [0.2, 0.25) is 0 Å². The van der Waals surface area contributed by atoms with Crippen molar-refractivity contribution >= 4 is 27.4 Å². The number of halogens is 1. The van der Waals surface area contributed by atoms with Crippen LogP contribution in [0.3, 0.4) is 0 Å². The molecule has 3 aromatic rings. The number of aryl methyl sites for hydroxylation is 1. The zero-order valence-electron chi connectivity index (χ0n) is 12.7. The molecule has 0 amide bonds. The van der Waals surface area contributed by atoms with E-state index in [1.165, 1.54) is 0 Å². The Labute approximate surface area is 137 Å². The van der Waals surface area contributed by atoms with Crippen molar-refractivity contribution in [3.63, 3.8) is 0 Å². The number of anilines is 1. The molecule has 0 aliphatic heterocycles. The monoisotopic (exact) mass is 365 g/mol. The number of H-pyrrole nitrogens is 1. The summed E-state index contributed by atoms with van der Waals surface area (Å²) in [5.41, 5.74) is 15.1. The minimum atomic E-state index is 0.539. The van der Waals surface area contributed by atoms with Gasteiger partial charge in [-0.05, 0) is 35.3 Å². The van der Waals surface area contributed by atoms with Crippen LogP contribution in [0.1, 0.15) is 26.0 Å². The number of rotatable bonds is 4. The molecule has 0 fully saturated rings. The van der Waals surface area contributed by atoms with E-state index in [1.54, 1.807) is 23.1 Å². The zero-order chi connectivity index (χ0) is 16.1. The van der Waals surface area contributed by atoms with E-state index < -0.39 is 0 Å². The van der Waals surface area contributed by atoms with Gasteiger partial charge in [-0.3, -0.25) is 5.10 Å². The molecule has 5 N–H and O–H groups in total. The largest absolute Gasteiger partial charge is 0.383 e. The van der Waals surface area contributed by atoms with Crippen LogP contribution >= 0.6 is 15.9 Å². The number of nitrogen functional groups attached to an aromatic ring is 1. The minimum Gasteiger partial charge on any atom is -0.383 e. The molecule has 3 rings (SSSR count). The highest BCUT2D eigenvalue weighted by Crippen LogP contribution is 2.29. The maximum Gasteiger partial charge on any atom is 0.165 e. The van der Waals surface area contributed by atoms with Crippen molar-refractivity contribution in [2.24, 2.45) is 5.73 Å².